The molecule has 0 unspecified atom stereocenters. The van der Waals surface area contributed by atoms with Crippen molar-refractivity contribution in [2.45, 2.75) is 19.3 Å². The number of aromatic nitrogens is 2. The smallest absolute Gasteiger partial charge is 0.200 e. The van der Waals surface area contributed by atoms with Crippen LogP contribution >= 0.6 is 0 Å². The summed E-state index contributed by atoms with van der Waals surface area (Å²) >= 11 is 0. The van der Waals surface area contributed by atoms with Gasteiger partial charge in [-0.25, -0.2) is 4.98 Å². The Balaban J connectivity index is 2.59. The van der Waals surface area contributed by atoms with E-state index < -0.39 is 0 Å². The molecule has 1 N–H and O–H groups in total. The Labute approximate surface area is 90.4 Å². The molecule has 0 saturated carbocycles. The van der Waals surface area contributed by atoms with E-state index in [9.17, 15) is 0 Å². The van der Waals surface area contributed by atoms with Crippen molar-refractivity contribution < 1.29 is 9.47 Å². The van der Waals surface area contributed by atoms with E-state index in [-0.39, 0.29) is 6.29 Å². The Hall–Kier alpha value is -0.910. The molecular formula is C10H19N3O2. The predicted octanol–water partition coefficient (Wildman–Crippen LogP) is 0.784. The number of imidazole rings is 1. The molecule has 0 aliphatic heterocycles. The molecule has 5 heteroatoms. The molecule has 1 rings (SSSR count). The van der Waals surface area contributed by atoms with Gasteiger partial charge in [0.2, 0.25) is 0 Å². The first-order valence-electron chi connectivity index (χ1n) is 5.03. The minimum absolute atomic E-state index is 0.331. The Morgan fingerprint density at radius 3 is 2.80 bits per heavy atom. The zero-order chi connectivity index (χ0) is 11.1. The van der Waals surface area contributed by atoms with Crippen LogP contribution < -0.4 is 5.32 Å². The number of nitrogens with one attached hydrogen (secondary N) is 1. The van der Waals surface area contributed by atoms with Crippen LogP contribution in [0.5, 0.6) is 0 Å². The molecule has 0 aromatic carbocycles. The highest BCUT2D eigenvalue weighted by atomic mass is 16.7. The average molecular weight is 213 g/mol. The number of hydrogen-bond acceptors (Lipinski definition) is 4. The summed E-state index contributed by atoms with van der Waals surface area (Å²) in [5, 5.41) is 3.11. The molecule has 1 aromatic rings. The molecule has 0 saturated heterocycles. The summed E-state index contributed by atoms with van der Waals surface area (Å²) in [5.74, 6) is 0. The SMILES string of the molecule is CNCCCn1cncc1C(OC)OC. The van der Waals surface area contributed by atoms with Crippen LogP contribution in [0.4, 0.5) is 0 Å². The van der Waals surface area contributed by atoms with Gasteiger partial charge in [-0.15, -0.1) is 0 Å². The summed E-state index contributed by atoms with van der Waals surface area (Å²) in [5.41, 5.74) is 0.955. The van der Waals surface area contributed by atoms with Gasteiger partial charge in [-0.2, -0.15) is 0 Å². The number of ether oxygens (including phenoxy) is 2. The topological polar surface area (TPSA) is 48.3 Å². The monoisotopic (exact) mass is 213 g/mol. The van der Waals surface area contributed by atoms with Gasteiger partial charge in [0.05, 0.1) is 18.2 Å². The summed E-state index contributed by atoms with van der Waals surface area (Å²) < 4.78 is 12.4. The fourth-order valence-electron chi connectivity index (χ4n) is 1.48. The minimum Gasteiger partial charge on any atom is -0.350 e. The third-order valence-electron chi connectivity index (χ3n) is 2.24. The van der Waals surface area contributed by atoms with Crippen molar-refractivity contribution >= 4 is 0 Å². The lowest BCUT2D eigenvalue weighted by Crippen LogP contribution is -2.14. The van der Waals surface area contributed by atoms with E-state index in [1.54, 1.807) is 26.7 Å². The minimum atomic E-state index is -0.331. The fraction of sp³-hybridized carbons (Fsp3) is 0.700. The van der Waals surface area contributed by atoms with Gasteiger partial charge in [0.1, 0.15) is 0 Å². The summed E-state index contributed by atoms with van der Waals surface area (Å²) in [4.78, 5) is 4.10. The molecule has 0 atom stereocenters. The third kappa shape index (κ3) is 3.30. The number of rotatable bonds is 7. The number of nitrogens with zero attached hydrogens (tertiary/aromatic N) is 2. The second kappa shape index (κ2) is 6.55. The van der Waals surface area contributed by atoms with Gasteiger partial charge in [0.25, 0.3) is 0 Å². The van der Waals surface area contributed by atoms with Crippen LogP contribution in [-0.4, -0.2) is 37.4 Å². The predicted molar refractivity (Wildman–Crippen MR) is 57.5 cm³/mol. The van der Waals surface area contributed by atoms with Crippen molar-refractivity contribution in [3.05, 3.63) is 18.2 Å². The Kier molecular flexibility index (Phi) is 5.31. The maximum atomic E-state index is 5.19. The molecule has 0 fully saturated rings. The zero-order valence-electron chi connectivity index (χ0n) is 9.56. The van der Waals surface area contributed by atoms with Gasteiger partial charge in [-0.05, 0) is 20.0 Å². The van der Waals surface area contributed by atoms with E-state index >= 15 is 0 Å². The summed E-state index contributed by atoms with van der Waals surface area (Å²) in [6.07, 6.45) is 4.30. The van der Waals surface area contributed by atoms with Crippen molar-refractivity contribution in [3.63, 3.8) is 0 Å². The molecule has 1 aromatic heterocycles. The lowest BCUT2D eigenvalue weighted by atomic mass is 10.4. The van der Waals surface area contributed by atoms with Crippen molar-refractivity contribution in [1.29, 1.82) is 0 Å². The number of aryl methyl sites for hydroxylation is 1. The largest absolute Gasteiger partial charge is 0.350 e. The molecule has 0 spiro atoms. The van der Waals surface area contributed by atoms with Crippen molar-refractivity contribution in [1.82, 2.24) is 14.9 Å². The van der Waals surface area contributed by atoms with Crippen molar-refractivity contribution in [3.8, 4) is 0 Å². The summed E-state index contributed by atoms with van der Waals surface area (Å²) in [6.45, 7) is 1.90. The third-order valence-corrected chi connectivity index (χ3v) is 2.24. The van der Waals surface area contributed by atoms with E-state index in [0.717, 1.165) is 25.2 Å². The lowest BCUT2D eigenvalue weighted by molar-refractivity contribution is -0.110. The number of methoxy groups -OCH3 is 2. The molecule has 0 aliphatic carbocycles. The average Bonchev–Trinajstić information content (AvgIpc) is 2.69. The second-order valence-electron chi connectivity index (χ2n) is 3.27. The molecule has 86 valence electrons. The van der Waals surface area contributed by atoms with Crippen LogP contribution in [0.1, 0.15) is 18.4 Å². The zero-order valence-corrected chi connectivity index (χ0v) is 9.56. The van der Waals surface area contributed by atoms with Gasteiger partial charge in [0, 0.05) is 20.8 Å². The fourth-order valence-corrected chi connectivity index (χ4v) is 1.48. The van der Waals surface area contributed by atoms with Crippen LogP contribution in [0.3, 0.4) is 0 Å². The molecule has 0 radical (unpaired) electrons. The molecule has 0 bridgehead atoms. The van der Waals surface area contributed by atoms with E-state index in [4.69, 9.17) is 9.47 Å². The van der Waals surface area contributed by atoms with Crippen molar-refractivity contribution in [2.75, 3.05) is 27.8 Å². The van der Waals surface area contributed by atoms with Gasteiger partial charge >= 0.3 is 0 Å². The van der Waals surface area contributed by atoms with Crippen LogP contribution in [-0.2, 0) is 16.0 Å². The molecule has 0 amide bonds. The van der Waals surface area contributed by atoms with E-state index in [1.165, 1.54) is 0 Å². The lowest BCUT2D eigenvalue weighted by Gasteiger charge is -2.15. The number of hydrogen-bond donors (Lipinski definition) is 1. The second-order valence-corrected chi connectivity index (χ2v) is 3.27. The van der Waals surface area contributed by atoms with Gasteiger partial charge in [-0.3, -0.25) is 0 Å². The van der Waals surface area contributed by atoms with E-state index in [2.05, 4.69) is 14.9 Å². The normalized spacial score (nSPS) is 11.2. The van der Waals surface area contributed by atoms with E-state index in [1.807, 2.05) is 7.05 Å². The van der Waals surface area contributed by atoms with Crippen LogP contribution in [0.2, 0.25) is 0 Å². The Morgan fingerprint density at radius 2 is 2.20 bits per heavy atom. The quantitative estimate of drug-likeness (QED) is 0.537. The first-order chi connectivity index (χ1) is 7.33. The molecule has 1 heterocycles. The first kappa shape index (κ1) is 12.2. The van der Waals surface area contributed by atoms with Crippen LogP contribution in [0.25, 0.3) is 0 Å². The molecular weight excluding hydrogens is 194 g/mol. The van der Waals surface area contributed by atoms with Crippen LogP contribution in [0.15, 0.2) is 12.5 Å². The highest BCUT2D eigenvalue weighted by molar-refractivity contribution is 5.00. The molecule has 0 aliphatic rings. The maximum Gasteiger partial charge on any atom is 0.200 e. The van der Waals surface area contributed by atoms with Crippen LogP contribution in [0, 0.1) is 0 Å². The van der Waals surface area contributed by atoms with Gasteiger partial charge in [0.15, 0.2) is 6.29 Å². The standard InChI is InChI=1S/C10H19N3O2/c1-11-5-4-6-13-8-12-7-9(13)10(14-2)15-3/h7-8,10-11H,4-6H2,1-3H3. The molecule has 5 nitrogen and oxygen atoms in total. The highest BCUT2D eigenvalue weighted by Gasteiger charge is 2.13. The molecule has 15 heavy (non-hydrogen) atoms. The maximum absolute atomic E-state index is 5.19. The van der Waals surface area contributed by atoms with Crippen molar-refractivity contribution in [2.24, 2.45) is 0 Å². The Morgan fingerprint density at radius 1 is 1.47 bits per heavy atom. The summed E-state index contributed by atoms with van der Waals surface area (Å²) in [6, 6.07) is 0. The summed E-state index contributed by atoms with van der Waals surface area (Å²) in [7, 11) is 5.19. The van der Waals surface area contributed by atoms with E-state index in [0.29, 0.717) is 0 Å². The first-order valence-corrected chi connectivity index (χ1v) is 5.03. The highest BCUT2D eigenvalue weighted by Crippen LogP contribution is 2.16. The van der Waals surface area contributed by atoms with Gasteiger partial charge in [-0.1, -0.05) is 0 Å². The van der Waals surface area contributed by atoms with Gasteiger partial charge < -0.3 is 19.4 Å². The Bertz CT molecular complexity index is 271.